The number of benzene rings is 7. The van der Waals surface area contributed by atoms with Crippen LogP contribution in [-0.2, 0) is 10.8 Å². The number of aromatic nitrogens is 2. The number of anilines is 3. The molecular formula is C50H35N3. The van der Waals surface area contributed by atoms with Crippen LogP contribution in [0.1, 0.15) is 47.2 Å². The summed E-state index contributed by atoms with van der Waals surface area (Å²) >= 11 is 0. The van der Waals surface area contributed by atoms with Crippen LogP contribution in [0.25, 0.3) is 44.8 Å². The molecule has 1 spiro atoms. The Bertz CT molecular complexity index is 2660. The standard InChI is InChI=1S/C50H35N3/c1-49(2)41-27-15-16-28-46(41)53(48-51-44(32-17-5-3-6-18-32)31-45(52-48)33-19-7-4-8-20-33)47-30-42-37(29-43(47)49)36-23-11-14-26-40(36)50(42)38-24-12-9-21-34(38)35-22-10-13-25-39(35)50/h3-31H,1-2H3. The van der Waals surface area contributed by atoms with Crippen LogP contribution in [0.15, 0.2) is 176 Å². The van der Waals surface area contributed by atoms with E-state index in [1.54, 1.807) is 0 Å². The average molecular weight is 678 g/mol. The molecule has 3 heteroatoms. The summed E-state index contributed by atoms with van der Waals surface area (Å²) in [4.78, 5) is 13.1. The van der Waals surface area contributed by atoms with E-state index in [4.69, 9.17) is 9.97 Å². The summed E-state index contributed by atoms with van der Waals surface area (Å²) in [5.74, 6) is 0.658. The lowest BCUT2D eigenvalue weighted by Gasteiger charge is -2.42. The van der Waals surface area contributed by atoms with Crippen LogP contribution >= 0.6 is 0 Å². The van der Waals surface area contributed by atoms with Crippen molar-refractivity contribution in [1.29, 1.82) is 0 Å². The second kappa shape index (κ2) is 11.0. The lowest BCUT2D eigenvalue weighted by atomic mass is 9.68. The van der Waals surface area contributed by atoms with Crippen molar-refractivity contribution in [2.75, 3.05) is 4.90 Å². The first-order valence-corrected chi connectivity index (χ1v) is 18.4. The maximum Gasteiger partial charge on any atom is 0.235 e. The summed E-state index contributed by atoms with van der Waals surface area (Å²) in [6.45, 7) is 4.73. The molecular weight excluding hydrogens is 643 g/mol. The SMILES string of the molecule is CC1(C)c2ccccc2N(c2nc(-c3ccccc3)cc(-c3ccccc3)n2)c2cc3c(cc21)-c1ccccc1C31c2ccccc2-c2ccccc21. The number of fused-ring (bicyclic) bond motifs is 12. The quantitative estimate of drug-likeness (QED) is 0.186. The molecule has 0 amide bonds. The van der Waals surface area contributed by atoms with Crippen molar-refractivity contribution < 1.29 is 0 Å². The number of hydrogen-bond acceptors (Lipinski definition) is 3. The smallest absolute Gasteiger partial charge is 0.235 e. The van der Waals surface area contributed by atoms with E-state index in [1.807, 2.05) is 0 Å². The molecule has 1 aliphatic heterocycles. The first kappa shape index (κ1) is 30.1. The summed E-state index contributed by atoms with van der Waals surface area (Å²) in [6, 6.07) is 63.9. The molecule has 0 bridgehead atoms. The van der Waals surface area contributed by atoms with Crippen molar-refractivity contribution in [3.05, 3.63) is 209 Å². The minimum absolute atomic E-state index is 0.285. The Kier molecular flexibility index (Phi) is 6.22. The molecule has 3 nitrogen and oxygen atoms in total. The molecule has 1 aromatic heterocycles. The molecule has 2 heterocycles. The van der Waals surface area contributed by atoms with Crippen LogP contribution in [0.3, 0.4) is 0 Å². The maximum absolute atomic E-state index is 5.41. The third kappa shape index (κ3) is 4.05. The van der Waals surface area contributed by atoms with Gasteiger partial charge < -0.3 is 0 Å². The zero-order chi connectivity index (χ0) is 35.3. The molecule has 0 saturated carbocycles. The van der Waals surface area contributed by atoms with Crippen LogP contribution in [0.5, 0.6) is 0 Å². The molecule has 250 valence electrons. The monoisotopic (exact) mass is 677 g/mol. The van der Waals surface area contributed by atoms with E-state index in [2.05, 4.69) is 195 Å². The van der Waals surface area contributed by atoms with Gasteiger partial charge >= 0.3 is 0 Å². The fraction of sp³-hybridized carbons (Fsp3) is 0.0800. The van der Waals surface area contributed by atoms with E-state index in [-0.39, 0.29) is 5.41 Å². The highest BCUT2D eigenvalue weighted by Crippen LogP contribution is 2.65. The van der Waals surface area contributed by atoms with Gasteiger partial charge in [0.1, 0.15) is 0 Å². The van der Waals surface area contributed by atoms with Gasteiger partial charge in [0.2, 0.25) is 5.95 Å². The number of nitrogens with zero attached hydrogens (tertiary/aromatic N) is 3. The van der Waals surface area contributed by atoms with Gasteiger partial charge in [-0.3, -0.25) is 4.90 Å². The zero-order valence-electron chi connectivity index (χ0n) is 29.6. The Morgan fingerprint density at radius 1 is 0.377 bits per heavy atom. The van der Waals surface area contributed by atoms with Gasteiger partial charge in [-0.15, -0.1) is 0 Å². The van der Waals surface area contributed by atoms with Crippen LogP contribution < -0.4 is 4.90 Å². The molecule has 53 heavy (non-hydrogen) atoms. The van der Waals surface area contributed by atoms with Crippen molar-refractivity contribution in [2.45, 2.75) is 24.7 Å². The van der Waals surface area contributed by atoms with Gasteiger partial charge in [0, 0.05) is 16.5 Å². The van der Waals surface area contributed by atoms with E-state index < -0.39 is 5.41 Å². The van der Waals surface area contributed by atoms with Crippen LogP contribution in [0.2, 0.25) is 0 Å². The lowest BCUT2D eigenvalue weighted by Crippen LogP contribution is -2.32. The molecule has 11 rings (SSSR count). The molecule has 0 atom stereocenters. The topological polar surface area (TPSA) is 29.0 Å². The number of rotatable bonds is 3. The lowest BCUT2D eigenvalue weighted by molar-refractivity contribution is 0.630. The fourth-order valence-corrected chi connectivity index (χ4v) is 9.55. The molecule has 2 aliphatic carbocycles. The molecule has 8 aromatic rings. The van der Waals surface area contributed by atoms with Gasteiger partial charge in [0.05, 0.1) is 28.2 Å². The third-order valence-electron chi connectivity index (χ3n) is 11.9. The van der Waals surface area contributed by atoms with E-state index in [1.165, 1.54) is 55.6 Å². The molecule has 0 unspecified atom stereocenters. The Morgan fingerprint density at radius 2 is 0.830 bits per heavy atom. The number of para-hydroxylation sites is 1. The Labute approximate surface area is 309 Å². The molecule has 0 radical (unpaired) electrons. The van der Waals surface area contributed by atoms with Gasteiger partial charge in [0.25, 0.3) is 0 Å². The molecule has 0 N–H and O–H groups in total. The second-order valence-corrected chi connectivity index (χ2v) is 14.9. The summed E-state index contributed by atoms with van der Waals surface area (Å²) < 4.78 is 0. The summed E-state index contributed by atoms with van der Waals surface area (Å²) in [6.07, 6.45) is 0. The zero-order valence-corrected chi connectivity index (χ0v) is 29.6. The Hall–Kier alpha value is -6.58. The molecule has 3 aliphatic rings. The summed E-state index contributed by atoms with van der Waals surface area (Å²) in [7, 11) is 0. The largest absolute Gasteiger partial charge is 0.279 e. The van der Waals surface area contributed by atoms with Crippen LogP contribution in [0, 0.1) is 0 Å². The third-order valence-corrected chi connectivity index (χ3v) is 11.9. The van der Waals surface area contributed by atoms with Gasteiger partial charge in [-0.1, -0.05) is 166 Å². The van der Waals surface area contributed by atoms with Crippen molar-refractivity contribution in [2.24, 2.45) is 0 Å². The summed E-state index contributed by atoms with van der Waals surface area (Å²) in [5.41, 5.74) is 18.4. The fourth-order valence-electron chi connectivity index (χ4n) is 9.55. The predicted octanol–water partition coefficient (Wildman–Crippen LogP) is 12.3. The van der Waals surface area contributed by atoms with Crippen LogP contribution in [0.4, 0.5) is 17.3 Å². The average Bonchev–Trinajstić information content (AvgIpc) is 3.68. The van der Waals surface area contributed by atoms with Gasteiger partial charge in [-0.2, -0.15) is 0 Å². The van der Waals surface area contributed by atoms with Gasteiger partial charge in [-0.25, -0.2) is 9.97 Å². The Morgan fingerprint density at radius 3 is 1.38 bits per heavy atom. The normalized spacial score (nSPS) is 14.9. The van der Waals surface area contributed by atoms with Gasteiger partial charge in [-0.05, 0) is 79.9 Å². The first-order valence-electron chi connectivity index (χ1n) is 18.4. The van der Waals surface area contributed by atoms with Crippen molar-refractivity contribution in [3.63, 3.8) is 0 Å². The van der Waals surface area contributed by atoms with E-state index in [9.17, 15) is 0 Å². The predicted molar refractivity (Wildman–Crippen MR) is 216 cm³/mol. The van der Waals surface area contributed by atoms with Crippen molar-refractivity contribution >= 4 is 17.3 Å². The highest BCUT2D eigenvalue weighted by molar-refractivity contribution is 5.98. The minimum atomic E-state index is -0.455. The van der Waals surface area contributed by atoms with Crippen LogP contribution in [-0.4, -0.2) is 9.97 Å². The van der Waals surface area contributed by atoms with Crippen molar-refractivity contribution in [1.82, 2.24) is 9.97 Å². The highest BCUT2D eigenvalue weighted by Gasteiger charge is 2.53. The van der Waals surface area contributed by atoms with Gasteiger partial charge in [0.15, 0.2) is 0 Å². The Balaban J connectivity index is 1.25. The second-order valence-electron chi connectivity index (χ2n) is 14.9. The van der Waals surface area contributed by atoms with E-state index in [0.717, 1.165) is 33.9 Å². The first-order chi connectivity index (χ1) is 26.0. The minimum Gasteiger partial charge on any atom is -0.279 e. The van der Waals surface area contributed by atoms with E-state index in [0.29, 0.717) is 5.95 Å². The highest BCUT2D eigenvalue weighted by atomic mass is 15.3. The maximum atomic E-state index is 5.41. The summed E-state index contributed by atoms with van der Waals surface area (Å²) in [5, 5.41) is 0. The van der Waals surface area contributed by atoms with Crippen molar-refractivity contribution in [3.8, 4) is 44.8 Å². The number of hydrogen-bond donors (Lipinski definition) is 0. The molecule has 7 aromatic carbocycles. The molecule has 0 saturated heterocycles. The van der Waals surface area contributed by atoms with E-state index >= 15 is 0 Å². The molecule has 0 fully saturated rings.